The minimum Gasteiger partial charge on any atom is -0.397 e. The van der Waals surface area contributed by atoms with E-state index in [1.807, 2.05) is 58.0 Å². The molecule has 0 atom stereocenters. The molecule has 1 saturated heterocycles. The summed E-state index contributed by atoms with van der Waals surface area (Å²) in [6, 6.07) is 20.7. The number of nitrogens with zero attached hydrogens (tertiary/aromatic N) is 6. The van der Waals surface area contributed by atoms with Crippen LogP contribution in [-0.2, 0) is 17.7 Å². The maximum absolute atomic E-state index is 12.1. The number of H-pyrrole nitrogens is 1. The fourth-order valence-corrected chi connectivity index (χ4v) is 3.98. The zero-order valence-corrected chi connectivity index (χ0v) is 20.2. The zero-order chi connectivity index (χ0) is 26.0. The van der Waals surface area contributed by atoms with Crippen LogP contribution in [0.4, 0.5) is 17.2 Å². The van der Waals surface area contributed by atoms with Gasteiger partial charge in [0.05, 0.1) is 54.2 Å². The van der Waals surface area contributed by atoms with Crippen molar-refractivity contribution in [1.29, 1.82) is 10.5 Å². The summed E-state index contributed by atoms with van der Waals surface area (Å²) < 4.78 is 7.21. The number of imidazole rings is 1. The van der Waals surface area contributed by atoms with E-state index in [0.29, 0.717) is 55.9 Å². The molecule has 0 radical (unpaired) electrons. The summed E-state index contributed by atoms with van der Waals surface area (Å²) in [5, 5.41) is 20.3. The Morgan fingerprint density at radius 3 is 2.57 bits per heavy atom. The van der Waals surface area contributed by atoms with Gasteiger partial charge in [0.1, 0.15) is 30.6 Å². The van der Waals surface area contributed by atoms with Gasteiger partial charge in [-0.05, 0) is 24.3 Å². The van der Waals surface area contributed by atoms with Crippen molar-refractivity contribution in [2.45, 2.75) is 13.0 Å². The predicted octanol–water partition coefficient (Wildman–Crippen LogP) is 2.27. The Morgan fingerprint density at radius 1 is 1.05 bits per heavy atom. The summed E-state index contributed by atoms with van der Waals surface area (Å²) in [4.78, 5) is 26.1. The number of benzene rings is 2. The average molecular weight is 498 g/mol. The second-order valence-electron chi connectivity index (χ2n) is 8.19. The molecule has 2 aromatic heterocycles. The van der Waals surface area contributed by atoms with Crippen molar-refractivity contribution in [3.63, 3.8) is 0 Å². The lowest BCUT2D eigenvalue weighted by molar-refractivity contribution is 0.122. The standard InChI is InChI=1S/C18H18N6O2.C8H9N3/c19-5-6-24-14-4-2-1-3-13(14)20-17(24)11-15-21-16(12-18(25)22-15)23-7-9-26-10-8-23;9-5-6-11-8-4-2-1-3-7(8)10/h1-4,12H,6-11H2,(H,21,22,25);1-4,11H,6,10H2. The number of anilines is 3. The molecule has 0 aliphatic carbocycles. The molecule has 3 heterocycles. The summed E-state index contributed by atoms with van der Waals surface area (Å²) in [6.45, 7) is 3.16. The molecule has 0 bridgehead atoms. The molecule has 5 rings (SSSR count). The van der Waals surface area contributed by atoms with Crippen molar-refractivity contribution in [2.24, 2.45) is 0 Å². The van der Waals surface area contributed by atoms with Crippen LogP contribution in [0.1, 0.15) is 11.6 Å². The second kappa shape index (κ2) is 12.2. The summed E-state index contributed by atoms with van der Waals surface area (Å²) in [6.07, 6.45) is 0.351. The molecule has 0 spiro atoms. The lowest BCUT2D eigenvalue weighted by Gasteiger charge is -2.27. The van der Waals surface area contributed by atoms with Crippen LogP contribution in [0.15, 0.2) is 59.4 Å². The van der Waals surface area contributed by atoms with Crippen LogP contribution >= 0.6 is 0 Å². The van der Waals surface area contributed by atoms with Crippen LogP contribution in [0.2, 0.25) is 0 Å². The van der Waals surface area contributed by atoms with E-state index in [9.17, 15) is 4.79 Å². The Labute approximate surface area is 213 Å². The van der Waals surface area contributed by atoms with E-state index in [4.69, 9.17) is 21.0 Å². The molecule has 4 aromatic rings. The van der Waals surface area contributed by atoms with E-state index in [0.717, 1.165) is 16.7 Å². The van der Waals surface area contributed by atoms with E-state index in [1.54, 1.807) is 6.07 Å². The molecule has 188 valence electrons. The van der Waals surface area contributed by atoms with E-state index in [2.05, 4.69) is 26.3 Å². The van der Waals surface area contributed by atoms with Gasteiger partial charge in [0.15, 0.2) is 0 Å². The highest BCUT2D eigenvalue weighted by Gasteiger charge is 2.16. The van der Waals surface area contributed by atoms with Crippen LogP contribution in [0.3, 0.4) is 0 Å². The molecule has 1 aliphatic heterocycles. The van der Waals surface area contributed by atoms with Crippen molar-refractivity contribution in [1.82, 2.24) is 19.5 Å². The van der Waals surface area contributed by atoms with Crippen LogP contribution < -0.4 is 21.5 Å². The normalized spacial score (nSPS) is 12.8. The van der Waals surface area contributed by atoms with Crippen molar-refractivity contribution in [3.05, 3.63) is 76.6 Å². The maximum Gasteiger partial charge on any atom is 0.252 e. The fraction of sp³-hybridized carbons (Fsp3) is 0.269. The first-order valence-corrected chi connectivity index (χ1v) is 11.8. The molecule has 4 N–H and O–H groups in total. The van der Waals surface area contributed by atoms with Gasteiger partial charge in [-0.3, -0.25) is 4.79 Å². The summed E-state index contributed by atoms with van der Waals surface area (Å²) in [5.41, 5.74) is 8.60. The van der Waals surface area contributed by atoms with Gasteiger partial charge in [-0.1, -0.05) is 24.3 Å². The third kappa shape index (κ3) is 6.42. The molecule has 0 amide bonds. The Balaban J connectivity index is 0.000000245. The zero-order valence-electron chi connectivity index (χ0n) is 20.2. The lowest BCUT2D eigenvalue weighted by atomic mass is 10.3. The number of aromatic amines is 1. The highest BCUT2D eigenvalue weighted by molar-refractivity contribution is 5.76. The number of nitrogens with two attached hydrogens (primary N) is 1. The molecule has 11 heteroatoms. The number of para-hydroxylation sites is 4. The topological polar surface area (TPSA) is 162 Å². The Morgan fingerprint density at radius 2 is 1.81 bits per heavy atom. The average Bonchev–Trinajstić information content (AvgIpc) is 3.26. The Bertz CT molecular complexity index is 1490. The van der Waals surface area contributed by atoms with Crippen LogP contribution in [0, 0.1) is 22.7 Å². The third-order valence-electron chi connectivity index (χ3n) is 5.72. The van der Waals surface area contributed by atoms with Crippen molar-refractivity contribution in [3.8, 4) is 12.1 Å². The maximum atomic E-state index is 12.1. The number of rotatable bonds is 6. The minimum atomic E-state index is -0.195. The molecule has 1 aliphatic rings. The van der Waals surface area contributed by atoms with E-state index >= 15 is 0 Å². The largest absolute Gasteiger partial charge is 0.397 e. The molecule has 2 aromatic carbocycles. The number of nitriles is 2. The fourth-order valence-electron chi connectivity index (χ4n) is 3.98. The monoisotopic (exact) mass is 497 g/mol. The van der Waals surface area contributed by atoms with Crippen molar-refractivity contribution < 1.29 is 4.74 Å². The first kappa shape index (κ1) is 25.2. The number of nitrogens with one attached hydrogen (secondary N) is 2. The third-order valence-corrected chi connectivity index (χ3v) is 5.72. The van der Waals surface area contributed by atoms with Crippen LogP contribution in [0.5, 0.6) is 0 Å². The van der Waals surface area contributed by atoms with Gasteiger partial charge < -0.3 is 30.2 Å². The lowest BCUT2D eigenvalue weighted by Crippen LogP contribution is -2.37. The molecular weight excluding hydrogens is 470 g/mol. The number of aromatic nitrogens is 4. The van der Waals surface area contributed by atoms with Crippen LogP contribution in [-0.4, -0.2) is 52.4 Å². The summed E-state index contributed by atoms with van der Waals surface area (Å²) in [5.74, 6) is 1.89. The Hall–Kier alpha value is -4.87. The number of nitrogen functional groups attached to an aromatic ring is 1. The van der Waals surface area contributed by atoms with Crippen molar-refractivity contribution >= 4 is 28.2 Å². The molecule has 1 fully saturated rings. The SMILES string of the molecule is N#CCNc1ccccc1N.N#CCn1c(Cc2nc(N3CCOCC3)cc(=O)[nH]2)nc2ccccc21. The molecule has 0 saturated carbocycles. The number of hydrogen-bond acceptors (Lipinski definition) is 9. The molecule has 11 nitrogen and oxygen atoms in total. The van der Waals surface area contributed by atoms with Gasteiger partial charge in [-0.2, -0.15) is 10.5 Å². The van der Waals surface area contributed by atoms with Crippen LogP contribution in [0.25, 0.3) is 11.0 Å². The number of hydrogen-bond donors (Lipinski definition) is 3. The van der Waals surface area contributed by atoms with Gasteiger partial charge in [-0.25, -0.2) is 9.97 Å². The second-order valence-corrected chi connectivity index (χ2v) is 8.19. The number of ether oxygens (including phenoxy) is 1. The molecular formula is C26H27N9O2. The smallest absolute Gasteiger partial charge is 0.252 e. The molecule has 0 unspecified atom stereocenters. The first-order chi connectivity index (χ1) is 18.1. The minimum absolute atomic E-state index is 0.195. The van der Waals surface area contributed by atoms with Gasteiger partial charge in [-0.15, -0.1) is 0 Å². The highest BCUT2D eigenvalue weighted by atomic mass is 16.5. The van der Waals surface area contributed by atoms with E-state index in [-0.39, 0.29) is 18.6 Å². The number of morpholine rings is 1. The predicted molar refractivity (Wildman–Crippen MR) is 141 cm³/mol. The summed E-state index contributed by atoms with van der Waals surface area (Å²) >= 11 is 0. The quantitative estimate of drug-likeness (QED) is 0.268. The van der Waals surface area contributed by atoms with Gasteiger partial charge >= 0.3 is 0 Å². The highest BCUT2D eigenvalue weighted by Crippen LogP contribution is 2.18. The van der Waals surface area contributed by atoms with Gasteiger partial charge in [0.2, 0.25) is 0 Å². The number of fused-ring (bicyclic) bond motifs is 1. The first-order valence-electron chi connectivity index (χ1n) is 11.8. The molecule has 37 heavy (non-hydrogen) atoms. The van der Waals surface area contributed by atoms with Gasteiger partial charge in [0.25, 0.3) is 5.56 Å². The summed E-state index contributed by atoms with van der Waals surface area (Å²) in [7, 11) is 0. The Kier molecular flexibility index (Phi) is 8.32. The van der Waals surface area contributed by atoms with E-state index in [1.165, 1.54) is 6.07 Å². The van der Waals surface area contributed by atoms with Crippen molar-refractivity contribution in [2.75, 3.05) is 48.8 Å². The van der Waals surface area contributed by atoms with E-state index < -0.39 is 0 Å². The van der Waals surface area contributed by atoms with Gasteiger partial charge in [0, 0.05) is 19.2 Å².